The number of pyridine rings is 1. The van der Waals surface area contributed by atoms with Gasteiger partial charge in [-0.1, -0.05) is 25.7 Å². The fraction of sp³-hybridized carbons (Fsp3) is 0.667. The molecule has 0 radical (unpaired) electrons. The van der Waals surface area contributed by atoms with Gasteiger partial charge in [0.1, 0.15) is 0 Å². The van der Waals surface area contributed by atoms with Crippen molar-refractivity contribution in [2.75, 3.05) is 32.0 Å². The van der Waals surface area contributed by atoms with Crippen LogP contribution in [0.25, 0.3) is 11.3 Å². The molecule has 0 bridgehead atoms. The Morgan fingerprint density at radius 1 is 1.15 bits per heavy atom. The Hall–Kier alpha value is -2.26. The van der Waals surface area contributed by atoms with Crippen molar-refractivity contribution in [1.82, 2.24) is 20.1 Å². The number of hydrogen-bond acceptors (Lipinski definition) is 6. The summed E-state index contributed by atoms with van der Waals surface area (Å²) in [6.07, 6.45) is 13.4. The molecular weight excluding hydrogens is 428 g/mol. The molecule has 2 unspecified atom stereocenters. The molecule has 3 saturated carbocycles. The minimum atomic E-state index is -2.93. The second kappa shape index (κ2) is 11.7. The van der Waals surface area contributed by atoms with Crippen molar-refractivity contribution in [3.8, 4) is 17.0 Å². The van der Waals surface area contributed by atoms with Gasteiger partial charge in [0.2, 0.25) is 0 Å². The molecular formula is C24H35F2N5O2. The summed E-state index contributed by atoms with van der Waals surface area (Å²) in [5.41, 5.74) is 6.79. The smallest absolute Gasteiger partial charge is 0.387 e. The largest absolute Gasteiger partial charge is 0.431 e. The Morgan fingerprint density at radius 2 is 1.88 bits per heavy atom. The number of nitrogens with zero attached hydrogens (tertiary/aromatic N) is 3. The van der Waals surface area contributed by atoms with Crippen LogP contribution in [-0.2, 0) is 11.3 Å². The quantitative estimate of drug-likeness (QED) is 0.686. The average molecular weight is 464 g/mol. The monoisotopic (exact) mass is 463 g/mol. The third-order valence-corrected chi connectivity index (χ3v) is 6.77. The highest BCUT2D eigenvalue weighted by Gasteiger charge is 2.40. The lowest BCUT2D eigenvalue weighted by Crippen LogP contribution is -2.30. The Labute approximate surface area is 194 Å². The van der Waals surface area contributed by atoms with Crippen molar-refractivity contribution >= 4 is 5.82 Å². The predicted molar refractivity (Wildman–Crippen MR) is 123 cm³/mol. The van der Waals surface area contributed by atoms with Crippen LogP contribution in [0.1, 0.15) is 44.9 Å². The van der Waals surface area contributed by atoms with Crippen molar-refractivity contribution in [2.24, 2.45) is 17.8 Å². The lowest BCUT2D eigenvalue weighted by atomic mass is 9.85. The third kappa shape index (κ3) is 7.37. The van der Waals surface area contributed by atoms with Gasteiger partial charge in [0.05, 0.1) is 18.9 Å². The number of anilines is 1. The van der Waals surface area contributed by atoms with Gasteiger partial charge in [0.25, 0.3) is 0 Å². The summed E-state index contributed by atoms with van der Waals surface area (Å²) in [6, 6.07) is 3.27. The SMILES string of the molecule is C1CC2CC2C1.C1COCCN1.Nc1ncc(-c2ccn(CC3CCC3)n2)cc1OC(F)F. The highest BCUT2D eigenvalue weighted by Crippen LogP contribution is 2.51. The zero-order valence-corrected chi connectivity index (χ0v) is 19.1. The van der Waals surface area contributed by atoms with Crippen LogP contribution >= 0.6 is 0 Å². The highest BCUT2D eigenvalue weighted by atomic mass is 19.3. The van der Waals surface area contributed by atoms with Gasteiger partial charge in [-0.05, 0) is 49.1 Å². The second-order valence-electron chi connectivity index (χ2n) is 9.25. The minimum absolute atomic E-state index is 0.0621. The molecule has 6 rings (SSSR count). The average Bonchev–Trinajstić information content (AvgIpc) is 3.17. The van der Waals surface area contributed by atoms with E-state index in [1.54, 1.807) is 19.3 Å². The lowest BCUT2D eigenvalue weighted by molar-refractivity contribution is -0.0494. The van der Waals surface area contributed by atoms with E-state index in [-0.39, 0.29) is 11.6 Å². The number of morpholine rings is 1. The maximum absolute atomic E-state index is 12.3. The first-order chi connectivity index (χ1) is 16.1. The molecule has 2 aromatic heterocycles. The molecule has 182 valence electrons. The molecule has 0 aromatic carbocycles. The van der Waals surface area contributed by atoms with Crippen molar-refractivity contribution in [2.45, 2.75) is 58.1 Å². The number of nitrogens with one attached hydrogen (secondary N) is 1. The van der Waals surface area contributed by atoms with Crippen molar-refractivity contribution in [1.29, 1.82) is 0 Å². The van der Waals surface area contributed by atoms with E-state index >= 15 is 0 Å². The maximum Gasteiger partial charge on any atom is 0.387 e. The fourth-order valence-corrected chi connectivity index (χ4v) is 4.52. The topological polar surface area (TPSA) is 87.2 Å². The molecule has 4 fully saturated rings. The van der Waals surface area contributed by atoms with E-state index in [2.05, 4.69) is 20.1 Å². The summed E-state index contributed by atoms with van der Waals surface area (Å²) in [6.45, 7) is 1.79. The normalized spacial score (nSPS) is 23.5. The summed E-state index contributed by atoms with van der Waals surface area (Å²) in [5, 5.41) is 7.60. The van der Waals surface area contributed by atoms with E-state index in [0.717, 1.165) is 32.8 Å². The molecule has 3 N–H and O–H groups in total. The number of alkyl halides is 2. The number of halogens is 2. The summed E-state index contributed by atoms with van der Waals surface area (Å²) >= 11 is 0. The maximum atomic E-state index is 12.3. The molecule has 3 aliphatic carbocycles. The third-order valence-electron chi connectivity index (χ3n) is 6.77. The first-order valence-electron chi connectivity index (χ1n) is 12.1. The van der Waals surface area contributed by atoms with E-state index in [4.69, 9.17) is 10.5 Å². The zero-order chi connectivity index (χ0) is 23.0. The highest BCUT2D eigenvalue weighted by molar-refractivity contribution is 5.63. The lowest BCUT2D eigenvalue weighted by Gasteiger charge is -2.24. The molecule has 3 heterocycles. The van der Waals surface area contributed by atoms with Gasteiger partial charge in [-0.15, -0.1) is 0 Å². The number of fused-ring (bicyclic) bond motifs is 1. The Bertz CT molecular complexity index is 851. The van der Waals surface area contributed by atoms with Crippen molar-refractivity contribution < 1.29 is 18.3 Å². The van der Waals surface area contributed by atoms with Gasteiger partial charge < -0.3 is 20.5 Å². The summed E-state index contributed by atoms with van der Waals surface area (Å²) in [5.74, 6) is 2.93. The molecule has 4 aliphatic rings. The van der Waals surface area contributed by atoms with Crippen LogP contribution in [0, 0.1) is 17.8 Å². The number of hydrogen-bond donors (Lipinski definition) is 2. The van der Waals surface area contributed by atoms with Crippen LogP contribution in [0.4, 0.5) is 14.6 Å². The number of nitrogen functional groups attached to an aromatic ring is 1. The first-order valence-corrected chi connectivity index (χ1v) is 12.1. The standard InChI is InChI=1S/C14H16F2N4O.C6H10.C4H9NO/c15-14(16)21-12-6-10(7-18-13(12)17)11-4-5-20(19-11)8-9-2-1-3-9;1-2-5-4-6(5)3-1;1-3-6-4-2-5-1/h4-7,9,14H,1-3,8H2,(H2,17,18);5-6H,1-4H2;5H,1-4H2. The van der Waals surface area contributed by atoms with Crippen LogP contribution < -0.4 is 15.8 Å². The van der Waals surface area contributed by atoms with Gasteiger partial charge in [0.15, 0.2) is 11.6 Å². The van der Waals surface area contributed by atoms with Gasteiger partial charge in [-0.25, -0.2) is 4.98 Å². The Kier molecular flexibility index (Phi) is 8.50. The fourth-order valence-electron chi connectivity index (χ4n) is 4.52. The molecule has 0 spiro atoms. The van der Waals surface area contributed by atoms with Crippen LogP contribution in [0.3, 0.4) is 0 Å². The van der Waals surface area contributed by atoms with Crippen LogP contribution in [-0.4, -0.2) is 47.7 Å². The predicted octanol–water partition coefficient (Wildman–Crippen LogP) is 4.34. The van der Waals surface area contributed by atoms with E-state index in [0.29, 0.717) is 17.2 Å². The molecule has 2 aromatic rings. The number of rotatable bonds is 5. The molecule has 7 nitrogen and oxygen atoms in total. The zero-order valence-electron chi connectivity index (χ0n) is 19.1. The van der Waals surface area contributed by atoms with Crippen molar-refractivity contribution in [3.05, 3.63) is 24.5 Å². The first kappa shape index (κ1) is 23.9. The van der Waals surface area contributed by atoms with E-state index in [1.807, 2.05) is 16.9 Å². The number of nitrogens with two attached hydrogens (primary N) is 1. The molecule has 0 amide bonds. The summed E-state index contributed by atoms with van der Waals surface area (Å²) in [4.78, 5) is 3.88. The van der Waals surface area contributed by atoms with Gasteiger partial charge in [-0.2, -0.15) is 13.9 Å². The molecule has 1 aliphatic heterocycles. The van der Waals surface area contributed by atoms with Crippen LogP contribution in [0.15, 0.2) is 24.5 Å². The van der Waals surface area contributed by atoms with E-state index < -0.39 is 6.61 Å². The summed E-state index contributed by atoms with van der Waals surface area (Å²) in [7, 11) is 0. The minimum Gasteiger partial charge on any atom is -0.431 e. The number of ether oxygens (including phenoxy) is 2. The van der Waals surface area contributed by atoms with Crippen molar-refractivity contribution in [3.63, 3.8) is 0 Å². The Morgan fingerprint density at radius 3 is 2.36 bits per heavy atom. The van der Waals surface area contributed by atoms with Crippen LogP contribution in [0.5, 0.6) is 5.75 Å². The number of aromatic nitrogens is 3. The second-order valence-corrected chi connectivity index (χ2v) is 9.25. The van der Waals surface area contributed by atoms with Crippen LogP contribution in [0.2, 0.25) is 0 Å². The van der Waals surface area contributed by atoms with E-state index in [1.165, 1.54) is 49.8 Å². The summed E-state index contributed by atoms with van der Waals surface area (Å²) < 4.78 is 35.8. The molecule has 2 atom stereocenters. The van der Waals surface area contributed by atoms with Gasteiger partial charge >= 0.3 is 6.61 Å². The van der Waals surface area contributed by atoms with Gasteiger partial charge in [-0.3, -0.25) is 4.68 Å². The molecule has 33 heavy (non-hydrogen) atoms. The molecule has 9 heteroatoms. The van der Waals surface area contributed by atoms with Gasteiger partial charge in [0, 0.05) is 37.6 Å². The van der Waals surface area contributed by atoms with E-state index in [9.17, 15) is 8.78 Å². The Balaban J connectivity index is 0.000000173. The molecule has 1 saturated heterocycles.